The summed E-state index contributed by atoms with van der Waals surface area (Å²) in [6.45, 7) is 3.19. The van der Waals surface area contributed by atoms with E-state index >= 15 is 0 Å². The Labute approximate surface area is 101 Å². The average Bonchev–Trinajstić information content (AvgIpc) is 2.39. The Morgan fingerprint density at radius 3 is 3.00 bits per heavy atom. The Bertz CT molecular complexity index is 377. The lowest BCUT2D eigenvalue weighted by atomic mass is 10.2. The number of aromatic nitrogens is 2. The van der Waals surface area contributed by atoms with Crippen LogP contribution in [0.2, 0.25) is 0 Å². The van der Waals surface area contributed by atoms with E-state index in [1.165, 1.54) is 13.4 Å². The van der Waals surface area contributed by atoms with Crippen LogP contribution in [-0.4, -0.2) is 29.6 Å². The average molecular weight is 235 g/mol. The first-order chi connectivity index (χ1) is 8.27. The number of carbonyl (C=O) groups excluding carboxylic acids is 1. The van der Waals surface area contributed by atoms with Crippen molar-refractivity contribution < 1.29 is 9.53 Å². The van der Waals surface area contributed by atoms with Crippen LogP contribution in [0.15, 0.2) is 30.2 Å². The van der Waals surface area contributed by atoms with Gasteiger partial charge in [-0.1, -0.05) is 13.0 Å². The second kappa shape index (κ2) is 7.51. The minimum atomic E-state index is -0.267. The van der Waals surface area contributed by atoms with Crippen LogP contribution < -0.4 is 5.32 Å². The maximum Gasteiger partial charge on any atom is 0.333 e. The molecule has 0 aromatic carbocycles. The van der Waals surface area contributed by atoms with Crippen LogP contribution >= 0.6 is 0 Å². The van der Waals surface area contributed by atoms with Gasteiger partial charge in [0.25, 0.3) is 0 Å². The van der Waals surface area contributed by atoms with Crippen molar-refractivity contribution in [1.29, 1.82) is 0 Å². The first kappa shape index (κ1) is 13.3. The van der Waals surface area contributed by atoms with E-state index in [-0.39, 0.29) is 5.97 Å². The summed E-state index contributed by atoms with van der Waals surface area (Å²) in [5.41, 5.74) is 1.60. The number of ether oxygens (including phenoxy) is 1. The highest BCUT2D eigenvalue weighted by Crippen LogP contribution is 2.01. The minimum absolute atomic E-state index is 0.267. The van der Waals surface area contributed by atoms with E-state index in [1.54, 1.807) is 6.20 Å². The maximum absolute atomic E-state index is 11.3. The van der Waals surface area contributed by atoms with Crippen molar-refractivity contribution in [3.63, 3.8) is 0 Å². The first-order valence-electron chi connectivity index (χ1n) is 5.50. The van der Waals surface area contributed by atoms with E-state index < -0.39 is 0 Å². The predicted molar refractivity (Wildman–Crippen MR) is 64.1 cm³/mol. The summed E-state index contributed by atoms with van der Waals surface area (Å²) < 4.78 is 4.66. The van der Waals surface area contributed by atoms with E-state index in [2.05, 4.69) is 20.0 Å². The number of methoxy groups -OCH3 is 1. The molecule has 5 heteroatoms. The summed E-state index contributed by atoms with van der Waals surface area (Å²) in [7, 11) is 1.39. The maximum atomic E-state index is 11.3. The zero-order chi connectivity index (χ0) is 12.5. The lowest BCUT2D eigenvalue weighted by Gasteiger charge is -2.03. The van der Waals surface area contributed by atoms with E-state index in [9.17, 15) is 4.79 Å². The molecule has 0 saturated carbocycles. The molecule has 0 amide bonds. The largest absolute Gasteiger partial charge is 0.466 e. The molecule has 1 aromatic heterocycles. The fraction of sp³-hybridized carbons (Fsp3) is 0.417. The zero-order valence-corrected chi connectivity index (χ0v) is 10.1. The molecule has 1 aromatic rings. The molecular formula is C12H17N3O2. The highest BCUT2D eigenvalue weighted by atomic mass is 16.5. The van der Waals surface area contributed by atoms with Gasteiger partial charge in [-0.2, -0.15) is 0 Å². The highest BCUT2D eigenvalue weighted by molar-refractivity contribution is 5.88. The quantitative estimate of drug-likeness (QED) is 0.454. The lowest BCUT2D eigenvalue weighted by Crippen LogP contribution is -2.15. The van der Waals surface area contributed by atoms with Crippen LogP contribution in [0, 0.1) is 0 Å². The topological polar surface area (TPSA) is 64.1 Å². The van der Waals surface area contributed by atoms with Crippen molar-refractivity contribution in [1.82, 2.24) is 15.3 Å². The van der Waals surface area contributed by atoms with Crippen LogP contribution in [0.1, 0.15) is 19.0 Å². The Kier molecular flexibility index (Phi) is 5.88. The van der Waals surface area contributed by atoms with Gasteiger partial charge in [0.1, 0.15) is 6.33 Å². The van der Waals surface area contributed by atoms with Gasteiger partial charge in [-0.25, -0.2) is 14.8 Å². The second-order valence-electron chi connectivity index (χ2n) is 3.41. The van der Waals surface area contributed by atoms with E-state index in [1.807, 2.05) is 19.1 Å². The summed E-state index contributed by atoms with van der Waals surface area (Å²) in [6, 6.07) is 1.84. The Morgan fingerprint density at radius 1 is 1.59 bits per heavy atom. The van der Waals surface area contributed by atoms with Gasteiger partial charge in [-0.05, 0) is 12.5 Å². The molecule has 92 valence electrons. The predicted octanol–water partition coefficient (Wildman–Crippen LogP) is 1.08. The number of rotatable bonds is 6. The van der Waals surface area contributed by atoms with Gasteiger partial charge in [0.15, 0.2) is 0 Å². The third kappa shape index (κ3) is 4.74. The molecule has 0 saturated heterocycles. The third-order valence-corrected chi connectivity index (χ3v) is 2.27. The van der Waals surface area contributed by atoms with Crippen LogP contribution in [-0.2, 0) is 16.1 Å². The molecule has 5 nitrogen and oxygen atoms in total. The molecule has 0 unspecified atom stereocenters. The number of nitrogens with one attached hydrogen (secondary N) is 1. The Morgan fingerprint density at radius 2 is 2.41 bits per heavy atom. The normalized spacial score (nSPS) is 11.3. The smallest absolute Gasteiger partial charge is 0.333 e. The highest BCUT2D eigenvalue weighted by Gasteiger charge is 2.05. The standard InChI is InChI=1S/C12H17N3O2/c1-3-10(12(16)17-2)4-6-13-8-11-5-7-14-9-15-11/h4-5,7,9,13H,3,6,8H2,1-2H3/b10-4-. The number of hydrogen-bond donors (Lipinski definition) is 1. The summed E-state index contributed by atoms with van der Waals surface area (Å²) in [6.07, 6.45) is 5.72. The summed E-state index contributed by atoms with van der Waals surface area (Å²) in [5.74, 6) is -0.267. The monoisotopic (exact) mass is 235 g/mol. The molecule has 0 radical (unpaired) electrons. The molecule has 0 atom stereocenters. The van der Waals surface area contributed by atoms with Crippen molar-refractivity contribution in [2.75, 3.05) is 13.7 Å². The SMILES string of the molecule is CC/C(=C/CNCc1ccncn1)C(=O)OC. The summed E-state index contributed by atoms with van der Waals surface area (Å²) in [5, 5.41) is 3.17. The van der Waals surface area contributed by atoms with Crippen molar-refractivity contribution >= 4 is 5.97 Å². The zero-order valence-electron chi connectivity index (χ0n) is 10.1. The molecule has 0 aliphatic carbocycles. The molecule has 1 N–H and O–H groups in total. The van der Waals surface area contributed by atoms with Gasteiger partial charge in [-0.3, -0.25) is 0 Å². The molecule has 1 heterocycles. The summed E-state index contributed by atoms with van der Waals surface area (Å²) in [4.78, 5) is 19.2. The number of nitrogens with zero attached hydrogens (tertiary/aromatic N) is 2. The number of esters is 1. The van der Waals surface area contributed by atoms with E-state index in [0.29, 0.717) is 25.1 Å². The van der Waals surface area contributed by atoms with Gasteiger partial charge in [0.2, 0.25) is 0 Å². The van der Waals surface area contributed by atoms with Gasteiger partial charge in [0, 0.05) is 24.9 Å². The molecule has 1 rings (SSSR count). The first-order valence-corrected chi connectivity index (χ1v) is 5.50. The number of carbonyl (C=O) groups is 1. The van der Waals surface area contributed by atoms with Crippen molar-refractivity contribution in [2.45, 2.75) is 19.9 Å². The van der Waals surface area contributed by atoms with Crippen molar-refractivity contribution in [3.8, 4) is 0 Å². The van der Waals surface area contributed by atoms with E-state index in [4.69, 9.17) is 0 Å². The fourth-order valence-corrected chi connectivity index (χ4v) is 1.32. The third-order valence-electron chi connectivity index (χ3n) is 2.27. The van der Waals surface area contributed by atoms with E-state index in [0.717, 1.165) is 5.69 Å². The van der Waals surface area contributed by atoms with Crippen LogP contribution in [0.5, 0.6) is 0 Å². The fourth-order valence-electron chi connectivity index (χ4n) is 1.32. The van der Waals surface area contributed by atoms with Crippen molar-refractivity contribution in [3.05, 3.63) is 35.9 Å². The van der Waals surface area contributed by atoms with Crippen molar-refractivity contribution in [2.24, 2.45) is 0 Å². The van der Waals surface area contributed by atoms with Crippen LogP contribution in [0.4, 0.5) is 0 Å². The second-order valence-corrected chi connectivity index (χ2v) is 3.41. The number of hydrogen-bond acceptors (Lipinski definition) is 5. The van der Waals surface area contributed by atoms with Gasteiger partial charge in [0.05, 0.1) is 12.8 Å². The van der Waals surface area contributed by atoms with Gasteiger partial charge >= 0.3 is 5.97 Å². The summed E-state index contributed by atoms with van der Waals surface area (Å²) >= 11 is 0. The Balaban J connectivity index is 2.36. The molecule has 0 bridgehead atoms. The molecule has 0 spiro atoms. The molecular weight excluding hydrogens is 218 g/mol. The molecule has 0 aliphatic rings. The molecule has 0 aliphatic heterocycles. The Hall–Kier alpha value is -1.75. The molecule has 0 fully saturated rings. The van der Waals surface area contributed by atoms with Crippen LogP contribution in [0.3, 0.4) is 0 Å². The van der Waals surface area contributed by atoms with Crippen LogP contribution in [0.25, 0.3) is 0 Å². The van der Waals surface area contributed by atoms with Gasteiger partial charge in [-0.15, -0.1) is 0 Å². The minimum Gasteiger partial charge on any atom is -0.466 e. The van der Waals surface area contributed by atoms with Gasteiger partial charge < -0.3 is 10.1 Å². The lowest BCUT2D eigenvalue weighted by molar-refractivity contribution is -0.136. The molecule has 17 heavy (non-hydrogen) atoms.